The Bertz CT molecular complexity index is 833. The van der Waals surface area contributed by atoms with Crippen LogP contribution in [0.15, 0.2) is 48.5 Å². The third-order valence-electron chi connectivity index (χ3n) is 3.55. The van der Waals surface area contributed by atoms with E-state index in [1.54, 1.807) is 48.5 Å². The van der Waals surface area contributed by atoms with Crippen LogP contribution in [0.25, 0.3) is 0 Å². The summed E-state index contributed by atoms with van der Waals surface area (Å²) in [5.74, 6) is -1.59. The SMILES string of the molecule is N=C(N)c1ccc(C(=O)Nc2cccc(NC(CC=O)C(=O)O)c2)cc1. The van der Waals surface area contributed by atoms with E-state index < -0.39 is 12.0 Å². The van der Waals surface area contributed by atoms with E-state index in [1.165, 1.54) is 0 Å². The highest BCUT2D eigenvalue weighted by atomic mass is 16.4. The first-order valence-electron chi connectivity index (χ1n) is 7.69. The molecule has 0 saturated carbocycles. The maximum atomic E-state index is 12.3. The van der Waals surface area contributed by atoms with Crippen LogP contribution in [0.5, 0.6) is 0 Å². The molecule has 6 N–H and O–H groups in total. The van der Waals surface area contributed by atoms with Crippen molar-refractivity contribution >= 4 is 35.4 Å². The molecule has 0 aromatic heterocycles. The molecule has 2 aromatic rings. The Labute approximate surface area is 149 Å². The van der Waals surface area contributed by atoms with Gasteiger partial charge in [-0.3, -0.25) is 10.2 Å². The first-order chi connectivity index (χ1) is 12.4. The lowest BCUT2D eigenvalue weighted by atomic mass is 10.1. The van der Waals surface area contributed by atoms with Crippen LogP contribution in [0.2, 0.25) is 0 Å². The Morgan fingerprint density at radius 1 is 1.12 bits per heavy atom. The summed E-state index contributed by atoms with van der Waals surface area (Å²) in [6.45, 7) is 0. The average molecular weight is 354 g/mol. The van der Waals surface area contributed by atoms with Crippen LogP contribution < -0.4 is 16.4 Å². The molecule has 26 heavy (non-hydrogen) atoms. The van der Waals surface area contributed by atoms with E-state index in [1.807, 2.05) is 0 Å². The Morgan fingerprint density at radius 2 is 1.73 bits per heavy atom. The first kappa shape index (κ1) is 18.7. The summed E-state index contributed by atoms with van der Waals surface area (Å²) >= 11 is 0. The van der Waals surface area contributed by atoms with Gasteiger partial charge in [-0.25, -0.2) is 4.79 Å². The molecule has 0 spiro atoms. The summed E-state index contributed by atoms with van der Waals surface area (Å²) in [6, 6.07) is 11.7. The summed E-state index contributed by atoms with van der Waals surface area (Å²) in [5, 5.41) is 21.8. The van der Waals surface area contributed by atoms with Gasteiger partial charge in [-0.05, 0) is 30.3 Å². The largest absolute Gasteiger partial charge is 0.480 e. The minimum absolute atomic E-state index is 0.0842. The number of amides is 1. The number of hydrogen-bond donors (Lipinski definition) is 5. The van der Waals surface area contributed by atoms with Gasteiger partial charge >= 0.3 is 5.97 Å². The lowest BCUT2D eigenvalue weighted by molar-refractivity contribution is -0.138. The minimum Gasteiger partial charge on any atom is -0.480 e. The number of carboxylic acid groups (broad SMARTS) is 1. The minimum atomic E-state index is -1.14. The van der Waals surface area contributed by atoms with Crippen molar-refractivity contribution in [2.75, 3.05) is 10.6 Å². The van der Waals surface area contributed by atoms with Crippen molar-refractivity contribution < 1.29 is 19.5 Å². The van der Waals surface area contributed by atoms with Gasteiger partial charge in [0.15, 0.2) is 0 Å². The number of amidine groups is 1. The van der Waals surface area contributed by atoms with E-state index in [2.05, 4.69) is 10.6 Å². The Kier molecular flexibility index (Phi) is 6.05. The number of nitrogen functional groups attached to an aromatic ring is 1. The van der Waals surface area contributed by atoms with Gasteiger partial charge in [-0.1, -0.05) is 18.2 Å². The van der Waals surface area contributed by atoms with Crippen molar-refractivity contribution in [1.82, 2.24) is 0 Å². The van der Waals surface area contributed by atoms with Crippen LogP contribution in [0.3, 0.4) is 0 Å². The monoisotopic (exact) mass is 354 g/mol. The zero-order valence-corrected chi connectivity index (χ0v) is 13.7. The van der Waals surface area contributed by atoms with Crippen molar-refractivity contribution in [2.24, 2.45) is 5.73 Å². The normalized spacial score (nSPS) is 11.2. The van der Waals surface area contributed by atoms with Crippen LogP contribution in [0.4, 0.5) is 11.4 Å². The van der Waals surface area contributed by atoms with Crippen molar-refractivity contribution in [3.05, 3.63) is 59.7 Å². The second-order valence-corrected chi connectivity index (χ2v) is 5.46. The topological polar surface area (TPSA) is 145 Å². The molecule has 1 atom stereocenters. The fourth-order valence-corrected chi connectivity index (χ4v) is 2.21. The van der Waals surface area contributed by atoms with Crippen LogP contribution in [-0.4, -0.2) is 35.1 Å². The van der Waals surface area contributed by atoms with Crippen LogP contribution in [0, 0.1) is 5.41 Å². The Hall–Kier alpha value is -3.68. The van der Waals surface area contributed by atoms with Crippen LogP contribution in [0.1, 0.15) is 22.3 Å². The summed E-state index contributed by atoms with van der Waals surface area (Å²) in [6.07, 6.45) is 0.358. The third kappa shape index (κ3) is 4.91. The molecule has 8 nitrogen and oxygen atoms in total. The molecule has 1 amide bonds. The van der Waals surface area contributed by atoms with Gasteiger partial charge in [-0.15, -0.1) is 0 Å². The summed E-state index contributed by atoms with van der Waals surface area (Å²) < 4.78 is 0. The highest BCUT2D eigenvalue weighted by Crippen LogP contribution is 2.18. The summed E-state index contributed by atoms with van der Waals surface area (Å²) in [7, 11) is 0. The number of anilines is 2. The molecule has 0 radical (unpaired) electrons. The van der Waals surface area contributed by atoms with Crippen molar-refractivity contribution in [3.8, 4) is 0 Å². The lowest BCUT2D eigenvalue weighted by Gasteiger charge is -2.14. The fourth-order valence-electron chi connectivity index (χ4n) is 2.21. The van der Waals surface area contributed by atoms with Gasteiger partial charge in [-0.2, -0.15) is 0 Å². The summed E-state index contributed by atoms with van der Waals surface area (Å²) in [5.41, 5.74) is 7.20. The zero-order chi connectivity index (χ0) is 19.1. The molecule has 8 heteroatoms. The Balaban J connectivity index is 2.09. The number of hydrogen-bond acceptors (Lipinski definition) is 5. The van der Waals surface area contributed by atoms with Gasteiger partial charge in [0.1, 0.15) is 18.2 Å². The van der Waals surface area contributed by atoms with Crippen molar-refractivity contribution in [1.29, 1.82) is 5.41 Å². The Morgan fingerprint density at radius 3 is 2.31 bits per heavy atom. The number of nitrogens with two attached hydrogens (primary N) is 1. The van der Waals surface area contributed by atoms with Gasteiger partial charge in [0.05, 0.1) is 0 Å². The maximum absolute atomic E-state index is 12.3. The maximum Gasteiger partial charge on any atom is 0.326 e. The van der Waals surface area contributed by atoms with E-state index in [0.717, 1.165) is 0 Å². The standard InChI is InChI=1S/C18H18N4O4/c19-16(20)11-4-6-12(7-5-11)17(24)22-14-3-1-2-13(10-14)21-15(8-9-23)18(25)26/h1-7,9-10,15,21H,8H2,(H3,19,20)(H,22,24)(H,25,26). The quantitative estimate of drug-likeness (QED) is 0.277. The predicted molar refractivity (Wildman–Crippen MR) is 97.6 cm³/mol. The smallest absolute Gasteiger partial charge is 0.326 e. The molecule has 0 aliphatic carbocycles. The van der Waals surface area contributed by atoms with E-state index >= 15 is 0 Å². The van der Waals surface area contributed by atoms with Gasteiger partial charge < -0.3 is 26.3 Å². The van der Waals surface area contributed by atoms with Gasteiger partial charge in [0.25, 0.3) is 5.91 Å². The molecular weight excluding hydrogens is 336 g/mol. The molecule has 0 aliphatic heterocycles. The molecule has 2 aromatic carbocycles. The third-order valence-corrected chi connectivity index (χ3v) is 3.55. The molecule has 0 fully saturated rings. The molecule has 1 unspecified atom stereocenters. The number of aliphatic carboxylic acids is 1. The van der Waals surface area contributed by atoms with E-state index in [9.17, 15) is 14.4 Å². The zero-order valence-electron chi connectivity index (χ0n) is 13.7. The predicted octanol–water partition coefficient (Wildman–Crippen LogP) is 1.68. The van der Waals surface area contributed by atoms with Crippen LogP contribution in [-0.2, 0) is 9.59 Å². The number of nitrogens with one attached hydrogen (secondary N) is 3. The molecule has 134 valence electrons. The fraction of sp³-hybridized carbons (Fsp3) is 0.111. The number of carboxylic acids is 1. The number of benzene rings is 2. The molecule has 0 heterocycles. The van der Waals surface area contributed by atoms with Crippen molar-refractivity contribution in [2.45, 2.75) is 12.5 Å². The second-order valence-electron chi connectivity index (χ2n) is 5.46. The van der Waals surface area contributed by atoms with E-state index in [-0.39, 0.29) is 18.2 Å². The van der Waals surface area contributed by atoms with E-state index in [4.69, 9.17) is 16.2 Å². The lowest BCUT2D eigenvalue weighted by Crippen LogP contribution is -2.29. The number of rotatable bonds is 8. The second kappa shape index (κ2) is 8.43. The first-order valence-corrected chi connectivity index (χ1v) is 7.69. The van der Waals surface area contributed by atoms with Crippen molar-refractivity contribution in [3.63, 3.8) is 0 Å². The highest BCUT2D eigenvalue weighted by Gasteiger charge is 2.16. The average Bonchev–Trinajstić information content (AvgIpc) is 2.61. The van der Waals surface area contributed by atoms with E-state index in [0.29, 0.717) is 28.8 Å². The van der Waals surface area contributed by atoms with Gasteiger partial charge in [0, 0.05) is 28.9 Å². The molecule has 2 rings (SSSR count). The number of carbonyl (C=O) groups is 3. The van der Waals surface area contributed by atoms with Crippen LogP contribution >= 0.6 is 0 Å². The molecule has 0 saturated heterocycles. The number of carbonyl (C=O) groups excluding carboxylic acids is 2. The van der Waals surface area contributed by atoms with Gasteiger partial charge in [0.2, 0.25) is 0 Å². The summed E-state index contributed by atoms with van der Waals surface area (Å²) in [4.78, 5) is 33.9. The molecular formula is C18H18N4O4. The molecule has 0 aliphatic rings. The highest BCUT2D eigenvalue weighted by molar-refractivity contribution is 6.05. The molecule has 0 bridgehead atoms. The number of aldehydes is 1.